The number of benzene rings is 1. The first-order chi connectivity index (χ1) is 13.4. The van der Waals surface area contributed by atoms with Crippen LogP contribution in [0.5, 0.6) is 5.75 Å². The van der Waals surface area contributed by atoms with E-state index < -0.39 is 0 Å². The molecule has 0 atom stereocenters. The molecule has 0 fully saturated rings. The predicted molar refractivity (Wildman–Crippen MR) is 108 cm³/mol. The number of carbonyl (C=O) groups excluding carboxylic acids is 1. The third-order valence-electron chi connectivity index (χ3n) is 4.06. The lowest BCUT2D eigenvalue weighted by atomic mass is 10.2. The zero-order valence-electron chi connectivity index (χ0n) is 16.1. The number of nitrogens with one attached hydrogen (secondary N) is 1. The van der Waals surface area contributed by atoms with Crippen molar-refractivity contribution in [3.8, 4) is 5.75 Å². The molecule has 28 heavy (non-hydrogen) atoms. The Kier molecular flexibility index (Phi) is 6.38. The van der Waals surface area contributed by atoms with E-state index in [-0.39, 0.29) is 18.3 Å². The van der Waals surface area contributed by atoms with E-state index in [1.807, 2.05) is 27.1 Å². The zero-order chi connectivity index (χ0) is 20.1. The number of hydrogen-bond donors (Lipinski definition) is 1. The fraction of sp³-hybridized carbons (Fsp3) is 0.300. The minimum Gasteiger partial charge on any atom is -0.486 e. The molecule has 2 aromatic heterocycles. The number of furan rings is 1. The van der Waals surface area contributed by atoms with Crippen molar-refractivity contribution in [2.45, 2.75) is 20.1 Å². The quantitative estimate of drug-likeness (QED) is 0.620. The minimum atomic E-state index is -0.333. The highest BCUT2D eigenvalue weighted by Crippen LogP contribution is 2.22. The molecule has 0 spiro atoms. The highest BCUT2D eigenvalue weighted by Gasteiger charge is 2.13. The van der Waals surface area contributed by atoms with E-state index in [4.69, 9.17) is 20.8 Å². The van der Waals surface area contributed by atoms with Gasteiger partial charge in [0.1, 0.15) is 18.1 Å². The van der Waals surface area contributed by atoms with Crippen LogP contribution in [0.4, 0.5) is 5.69 Å². The number of ether oxygens (including phenoxy) is 1. The number of rotatable bonds is 8. The Labute approximate surface area is 168 Å². The fourth-order valence-corrected chi connectivity index (χ4v) is 2.60. The van der Waals surface area contributed by atoms with Crippen molar-refractivity contribution in [3.05, 3.63) is 64.8 Å². The van der Waals surface area contributed by atoms with Crippen LogP contribution in [0.2, 0.25) is 5.02 Å². The second kappa shape index (κ2) is 8.95. The molecule has 8 heteroatoms. The molecule has 0 unspecified atom stereocenters. The molecule has 0 aliphatic carbocycles. The Morgan fingerprint density at radius 2 is 2.14 bits per heavy atom. The van der Waals surface area contributed by atoms with Crippen molar-refractivity contribution in [1.29, 1.82) is 0 Å². The smallest absolute Gasteiger partial charge is 0.291 e. The molecule has 7 nitrogen and oxygen atoms in total. The summed E-state index contributed by atoms with van der Waals surface area (Å²) in [6.07, 6.45) is 3.40. The summed E-state index contributed by atoms with van der Waals surface area (Å²) >= 11 is 6.01. The van der Waals surface area contributed by atoms with Crippen LogP contribution in [0.3, 0.4) is 0 Å². The number of halogens is 1. The van der Waals surface area contributed by atoms with Gasteiger partial charge < -0.3 is 19.4 Å². The summed E-state index contributed by atoms with van der Waals surface area (Å²) < 4.78 is 13.1. The van der Waals surface area contributed by atoms with Crippen molar-refractivity contribution in [2.75, 3.05) is 26.0 Å². The maximum Gasteiger partial charge on any atom is 0.291 e. The molecule has 0 saturated carbocycles. The number of hydrogen-bond acceptors (Lipinski definition) is 5. The van der Waals surface area contributed by atoms with Crippen molar-refractivity contribution < 1.29 is 13.9 Å². The Hall–Kier alpha value is -2.77. The number of nitrogens with zero attached hydrogens (tertiary/aromatic N) is 3. The van der Waals surface area contributed by atoms with E-state index in [2.05, 4.69) is 15.3 Å². The van der Waals surface area contributed by atoms with Gasteiger partial charge in [-0.2, -0.15) is 5.10 Å². The van der Waals surface area contributed by atoms with E-state index >= 15 is 0 Å². The second-order valence-electron chi connectivity index (χ2n) is 6.72. The Balaban J connectivity index is 1.54. The van der Waals surface area contributed by atoms with Crippen LogP contribution in [0, 0.1) is 6.92 Å². The second-order valence-corrected chi connectivity index (χ2v) is 7.12. The minimum absolute atomic E-state index is 0.215. The third-order valence-corrected chi connectivity index (χ3v) is 4.49. The van der Waals surface area contributed by atoms with Crippen molar-refractivity contribution >= 4 is 23.2 Å². The predicted octanol–water partition coefficient (Wildman–Crippen LogP) is 3.83. The summed E-state index contributed by atoms with van der Waals surface area (Å²) in [6, 6.07) is 8.77. The molecular weight excluding hydrogens is 380 g/mol. The van der Waals surface area contributed by atoms with Crippen molar-refractivity contribution in [1.82, 2.24) is 14.7 Å². The van der Waals surface area contributed by atoms with Crippen LogP contribution < -0.4 is 10.1 Å². The third kappa shape index (κ3) is 5.37. The van der Waals surface area contributed by atoms with Gasteiger partial charge in [0.15, 0.2) is 5.76 Å². The standard InChI is InChI=1S/C20H23ClN4O3/c1-14-10-16(4-6-18(14)21)27-13-17-5-7-19(28-17)20(26)23-15-11-22-25(12-15)9-8-24(2)3/h4-7,10-12H,8-9,13H2,1-3H3,(H,23,26). The molecule has 1 aromatic carbocycles. The monoisotopic (exact) mass is 402 g/mol. The molecule has 0 bridgehead atoms. The van der Waals surface area contributed by atoms with Crippen LogP contribution in [-0.4, -0.2) is 41.2 Å². The Morgan fingerprint density at radius 1 is 1.32 bits per heavy atom. The van der Waals surface area contributed by atoms with E-state index in [9.17, 15) is 4.79 Å². The van der Waals surface area contributed by atoms with E-state index in [0.29, 0.717) is 22.2 Å². The fourth-order valence-electron chi connectivity index (χ4n) is 2.48. The molecule has 1 amide bonds. The average molecular weight is 403 g/mol. The molecule has 3 rings (SSSR count). The van der Waals surface area contributed by atoms with Gasteiger partial charge in [0.05, 0.1) is 18.4 Å². The number of amides is 1. The number of likely N-dealkylation sites (N-methyl/N-ethyl adjacent to an activating group) is 1. The highest BCUT2D eigenvalue weighted by atomic mass is 35.5. The first-order valence-electron chi connectivity index (χ1n) is 8.87. The first-order valence-corrected chi connectivity index (χ1v) is 9.25. The van der Waals surface area contributed by atoms with Crippen molar-refractivity contribution in [2.24, 2.45) is 0 Å². The summed E-state index contributed by atoms with van der Waals surface area (Å²) in [6.45, 7) is 3.74. The Morgan fingerprint density at radius 3 is 2.89 bits per heavy atom. The van der Waals surface area contributed by atoms with Gasteiger partial charge in [0.25, 0.3) is 5.91 Å². The topological polar surface area (TPSA) is 72.5 Å². The number of anilines is 1. The van der Waals surface area contributed by atoms with Crippen LogP contribution in [-0.2, 0) is 13.2 Å². The van der Waals surface area contributed by atoms with Gasteiger partial charge >= 0.3 is 0 Å². The lowest BCUT2D eigenvalue weighted by Crippen LogP contribution is -2.18. The van der Waals surface area contributed by atoms with Gasteiger partial charge in [-0.1, -0.05) is 11.6 Å². The SMILES string of the molecule is Cc1cc(OCc2ccc(C(=O)Nc3cnn(CCN(C)C)c3)o2)ccc1Cl. The lowest BCUT2D eigenvalue weighted by molar-refractivity contribution is 0.0992. The Bertz CT molecular complexity index is 949. The maximum absolute atomic E-state index is 12.4. The molecule has 1 N–H and O–H groups in total. The lowest BCUT2D eigenvalue weighted by Gasteiger charge is -2.08. The van der Waals surface area contributed by atoms with Gasteiger partial charge in [0.2, 0.25) is 0 Å². The van der Waals surface area contributed by atoms with E-state index in [0.717, 1.165) is 18.7 Å². The molecule has 0 aliphatic heterocycles. The van der Waals surface area contributed by atoms with Crippen LogP contribution in [0.1, 0.15) is 21.9 Å². The largest absolute Gasteiger partial charge is 0.486 e. The normalized spacial score (nSPS) is 11.0. The maximum atomic E-state index is 12.4. The van der Waals surface area contributed by atoms with Gasteiger partial charge in [0, 0.05) is 17.8 Å². The van der Waals surface area contributed by atoms with Crippen LogP contribution >= 0.6 is 11.6 Å². The van der Waals surface area contributed by atoms with Gasteiger partial charge in [-0.3, -0.25) is 9.48 Å². The highest BCUT2D eigenvalue weighted by molar-refractivity contribution is 6.31. The van der Waals surface area contributed by atoms with Gasteiger partial charge in [-0.15, -0.1) is 0 Å². The van der Waals surface area contributed by atoms with Crippen LogP contribution in [0.25, 0.3) is 0 Å². The molecule has 2 heterocycles. The molecular formula is C20H23ClN4O3. The summed E-state index contributed by atoms with van der Waals surface area (Å²) in [5.41, 5.74) is 1.56. The summed E-state index contributed by atoms with van der Waals surface area (Å²) in [5, 5.41) is 7.70. The molecule has 0 saturated heterocycles. The average Bonchev–Trinajstić information content (AvgIpc) is 3.30. The summed E-state index contributed by atoms with van der Waals surface area (Å²) in [5.74, 6) is 1.13. The molecule has 148 valence electrons. The zero-order valence-corrected chi connectivity index (χ0v) is 16.9. The number of carbonyl (C=O) groups is 1. The molecule has 0 radical (unpaired) electrons. The molecule has 3 aromatic rings. The summed E-state index contributed by atoms with van der Waals surface area (Å²) in [4.78, 5) is 14.4. The number of aryl methyl sites for hydroxylation is 1. The van der Waals surface area contributed by atoms with Gasteiger partial charge in [-0.25, -0.2) is 0 Å². The summed E-state index contributed by atoms with van der Waals surface area (Å²) in [7, 11) is 4.00. The molecule has 0 aliphatic rings. The number of aromatic nitrogens is 2. The van der Waals surface area contributed by atoms with Crippen LogP contribution in [0.15, 0.2) is 47.1 Å². The van der Waals surface area contributed by atoms with Gasteiger partial charge in [-0.05, 0) is 56.9 Å². The first kappa shape index (κ1) is 20.0. The van der Waals surface area contributed by atoms with E-state index in [1.165, 1.54) is 0 Å². The van der Waals surface area contributed by atoms with Crippen molar-refractivity contribution in [3.63, 3.8) is 0 Å². The van der Waals surface area contributed by atoms with E-state index in [1.54, 1.807) is 41.3 Å².